The number of fused-ring (bicyclic) bond motifs is 1. The summed E-state index contributed by atoms with van der Waals surface area (Å²) in [4.78, 5) is 1.41. The Morgan fingerprint density at radius 1 is 1.17 bits per heavy atom. The van der Waals surface area contributed by atoms with Crippen LogP contribution in [0.5, 0.6) is 5.75 Å². The van der Waals surface area contributed by atoms with E-state index in [1.807, 2.05) is 26.0 Å². The van der Waals surface area contributed by atoms with Crippen molar-refractivity contribution in [2.75, 3.05) is 0 Å². The maximum absolute atomic E-state index is 10.6. The Bertz CT molecular complexity index is 860. The minimum absolute atomic E-state index is 0.0921. The lowest BCUT2D eigenvalue weighted by molar-refractivity contribution is 0.169. The first-order chi connectivity index (χ1) is 11.0. The Morgan fingerprint density at radius 2 is 1.91 bits per heavy atom. The Balaban J connectivity index is 2.10. The van der Waals surface area contributed by atoms with Crippen LogP contribution in [-0.2, 0) is 6.42 Å². The van der Waals surface area contributed by atoms with Crippen LogP contribution in [0.1, 0.15) is 24.5 Å². The van der Waals surface area contributed by atoms with Gasteiger partial charge >= 0.3 is 0 Å². The molecule has 0 bridgehead atoms. The number of aliphatic hydroxyl groups excluding tert-OH is 1. The Labute approximate surface area is 139 Å². The molecule has 1 atom stereocenters. The monoisotopic (exact) mass is 331 g/mol. The number of nitrogens with zero attached hydrogens (tertiary/aromatic N) is 3. The third kappa shape index (κ3) is 3.16. The zero-order chi connectivity index (χ0) is 16.6. The maximum atomic E-state index is 10.6. The van der Waals surface area contributed by atoms with E-state index < -0.39 is 6.10 Å². The predicted octanol–water partition coefficient (Wildman–Crippen LogP) is 3.40. The Hall–Kier alpha value is -2.11. The average molecular weight is 332 g/mol. The first-order valence-electron chi connectivity index (χ1n) is 7.51. The summed E-state index contributed by atoms with van der Waals surface area (Å²) in [6, 6.07) is 8.96. The molecule has 2 N–H and O–H groups in total. The van der Waals surface area contributed by atoms with Gasteiger partial charge in [-0.25, -0.2) is 0 Å². The molecule has 23 heavy (non-hydrogen) atoms. The van der Waals surface area contributed by atoms with Crippen LogP contribution in [-0.4, -0.2) is 31.3 Å². The molecule has 0 aliphatic rings. The summed E-state index contributed by atoms with van der Waals surface area (Å²) in [6.45, 7) is 3.84. The Kier molecular flexibility index (Phi) is 4.24. The van der Waals surface area contributed by atoms with Crippen molar-refractivity contribution in [1.29, 1.82) is 0 Å². The van der Waals surface area contributed by atoms with Gasteiger partial charge < -0.3 is 10.2 Å². The van der Waals surface area contributed by atoms with Crippen molar-refractivity contribution in [3.8, 4) is 11.4 Å². The molecule has 1 aromatic heterocycles. The highest BCUT2D eigenvalue weighted by Gasteiger charge is 2.15. The maximum Gasteiger partial charge on any atom is 0.146 e. The number of hydrogen-bond donors (Lipinski definition) is 2. The molecule has 0 aliphatic carbocycles. The lowest BCUT2D eigenvalue weighted by Gasteiger charge is -2.13. The van der Waals surface area contributed by atoms with Gasteiger partial charge in [-0.1, -0.05) is 24.6 Å². The quantitative estimate of drug-likeness (QED) is 0.768. The van der Waals surface area contributed by atoms with Crippen molar-refractivity contribution < 1.29 is 10.2 Å². The van der Waals surface area contributed by atoms with E-state index in [1.54, 1.807) is 18.2 Å². The molecule has 6 heteroatoms. The normalized spacial score (nSPS) is 12.7. The van der Waals surface area contributed by atoms with Gasteiger partial charge in [0, 0.05) is 11.4 Å². The molecule has 3 rings (SSSR count). The van der Waals surface area contributed by atoms with Crippen LogP contribution < -0.4 is 0 Å². The molecule has 3 aromatic rings. The number of aromatic nitrogens is 3. The van der Waals surface area contributed by atoms with Crippen LogP contribution in [0, 0.1) is 6.92 Å². The van der Waals surface area contributed by atoms with Crippen molar-refractivity contribution in [2.45, 2.75) is 32.8 Å². The topological polar surface area (TPSA) is 71.2 Å². The molecule has 0 radical (unpaired) electrons. The molecule has 0 saturated carbocycles. The van der Waals surface area contributed by atoms with E-state index in [0.717, 1.165) is 5.56 Å². The highest BCUT2D eigenvalue weighted by atomic mass is 35.5. The van der Waals surface area contributed by atoms with E-state index in [-0.39, 0.29) is 5.75 Å². The fourth-order valence-corrected chi connectivity index (χ4v) is 2.70. The predicted molar refractivity (Wildman–Crippen MR) is 90.3 cm³/mol. The van der Waals surface area contributed by atoms with Crippen molar-refractivity contribution in [3.63, 3.8) is 0 Å². The van der Waals surface area contributed by atoms with Crippen molar-refractivity contribution >= 4 is 22.6 Å². The first kappa shape index (κ1) is 15.8. The first-order valence-corrected chi connectivity index (χ1v) is 7.89. The second-order valence-corrected chi connectivity index (χ2v) is 6.12. The molecule has 0 saturated heterocycles. The largest absolute Gasteiger partial charge is 0.505 e. The third-order valence-electron chi connectivity index (χ3n) is 3.80. The minimum atomic E-state index is -0.487. The van der Waals surface area contributed by atoms with Gasteiger partial charge in [-0.15, -0.1) is 15.0 Å². The summed E-state index contributed by atoms with van der Waals surface area (Å²) >= 11 is 5.97. The number of phenols is 1. The number of phenolic OH excluding ortho intramolecular Hbond substituents is 1. The Morgan fingerprint density at radius 3 is 2.65 bits per heavy atom. The second kappa shape index (κ2) is 6.18. The molecule has 0 fully saturated rings. The van der Waals surface area contributed by atoms with E-state index in [1.165, 1.54) is 4.80 Å². The van der Waals surface area contributed by atoms with Crippen molar-refractivity contribution in [3.05, 3.63) is 46.5 Å². The van der Waals surface area contributed by atoms with Crippen LogP contribution in [0.3, 0.4) is 0 Å². The van der Waals surface area contributed by atoms with Gasteiger partial charge in [-0.2, -0.15) is 0 Å². The molecular weight excluding hydrogens is 314 g/mol. The molecule has 0 aliphatic heterocycles. The number of aromatic hydroxyl groups is 1. The van der Waals surface area contributed by atoms with Crippen LogP contribution in [0.25, 0.3) is 16.7 Å². The summed E-state index contributed by atoms with van der Waals surface area (Å²) in [5.41, 5.74) is 3.51. The lowest BCUT2D eigenvalue weighted by Crippen LogP contribution is -2.10. The molecule has 5 nitrogen and oxygen atoms in total. The number of hydrogen-bond acceptors (Lipinski definition) is 4. The fraction of sp³-hybridized carbons (Fsp3) is 0.294. The van der Waals surface area contributed by atoms with Gasteiger partial charge in [0.05, 0.1) is 6.10 Å². The molecule has 120 valence electrons. The lowest BCUT2D eigenvalue weighted by atomic mass is 10.0. The highest BCUT2D eigenvalue weighted by Crippen LogP contribution is 2.29. The van der Waals surface area contributed by atoms with E-state index in [0.29, 0.717) is 40.1 Å². The molecule has 2 aromatic carbocycles. The van der Waals surface area contributed by atoms with E-state index in [9.17, 15) is 10.2 Å². The highest BCUT2D eigenvalue weighted by molar-refractivity contribution is 6.31. The van der Waals surface area contributed by atoms with Gasteiger partial charge in [-0.05, 0) is 48.7 Å². The van der Waals surface area contributed by atoms with Gasteiger partial charge in [0.15, 0.2) is 0 Å². The zero-order valence-corrected chi connectivity index (χ0v) is 13.7. The molecular formula is C17H18ClN3O2. The van der Waals surface area contributed by atoms with Crippen molar-refractivity contribution in [2.24, 2.45) is 0 Å². The summed E-state index contributed by atoms with van der Waals surface area (Å²) in [7, 11) is 0. The molecule has 1 unspecified atom stereocenters. The van der Waals surface area contributed by atoms with Crippen LogP contribution in [0.2, 0.25) is 5.02 Å². The van der Waals surface area contributed by atoms with Gasteiger partial charge in [0.25, 0.3) is 0 Å². The van der Waals surface area contributed by atoms with Crippen LogP contribution >= 0.6 is 11.6 Å². The standard InChI is InChI=1S/C17H18ClN3O2/c1-3-13(22)8-11-6-10(2)7-16(17(11)23)21-19-14-5-4-12(18)9-15(14)20-21/h4-7,9,13,22-23H,3,8H2,1-2H3. The number of rotatable bonds is 4. The van der Waals surface area contributed by atoms with Crippen LogP contribution in [0.15, 0.2) is 30.3 Å². The van der Waals surface area contributed by atoms with E-state index >= 15 is 0 Å². The van der Waals surface area contributed by atoms with Gasteiger partial charge in [0.1, 0.15) is 22.5 Å². The average Bonchev–Trinajstić information content (AvgIpc) is 2.93. The zero-order valence-electron chi connectivity index (χ0n) is 13.0. The summed E-state index contributed by atoms with van der Waals surface area (Å²) in [5, 5.41) is 29.8. The number of aryl methyl sites for hydroxylation is 1. The molecule has 0 spiro atoms. The number of halogens is 1. The molecule has 1 heterocycles. The van der Waals surface area contributed by atoms with E-state index in [2.05, 4.69) is 10.2 Å². The third-order valence-corrected chi connectivity index (χ3v) is 4.03. The van der Waals surface area contributed by atoms with Crippen LogP contribution in [0.4, 0.5) is 0 Å². The number of aliphatic hydroxyl groups is 1. The smallest absolute Gasteiger partial charge is 0.146 e. The molecule has 0 amide bonds. The summed E-state index contributed by atoms with van der Waals surface area (Å²) < 4.78 is 0. The second-order valence-electron chi connectivity index (χ2n) is 5.68. The minimum Gasteiger partial charge on any atom is -0.505 e. The fourth-order valence-electron chi connectivity index (χ4n) is 2.54. The number of benzene rings is 2. The summed E-state index contributed by atoms with van der Waals surface area (Å²) in [6.07, 6.45) is 0.536. The van der Waals surface area contributed by atoms with Gasteiger partial charge in [-0.3, -0.25) is 0 Å². The van der Waals surface area contributed by atoms with Crippen molar-refractivity contribution in [1.82, 2.24) is 15.0 Å². The SMILES string of the molecule is CCC(O)Cc1cc(C)cc(-n2nc3ccc(Cl)cc3n2)c1O. The summed E-state index contributed by atoms with van der Waals surface area (Å²) in [5.74, 6) is 0.0921. The van der Waals surface area contributed by atoms with Gasteiger partial charge in [0.2, 0.25) is 0 Å². The van der Waals surface area contributed by atoms with E-state index in [4.69, 9.17) is 11.6 Å².